The van der Waals surface area contributed by atoms with Gasteiger partial charge in [-0.3, -0.25) is 4.99 Å². The van der Waals surface area contributed by atoms with Crippen LogP contribution in [0.5, 0.6) is 0 Å². The molecule has 1 aliphatic rings. The molecule has 1 N–H and O–H groups in total. The Bertz CT molecular complexity index is 451. The molecule has 1 aliphatic heterocycles. The van der Waals surface area contributed by atoms with E-state index < -0.39 is 0 Å². The van der Waals surface area contributed by atoms with Crippen LogP contribution >= 0.6 is 24.0 Å². The number of aliphatic imine (C=N–C) groups is 1. The monoisotopic (exact) mass is 403 g/mol. The molecule has 0 atom stereocenters. The molecular formula is C16H26IN3O. The Morgan fingerprint density at radius 1 is 1.29 bits per heavy atom. The van der Waals surface area contributed by atoms with E-state index in [-0.39, 0.29) is 24.0 Å². The second-order valence-corrected chi connectivity index (χ2v) is 4.87. The molecule has 0 radical (unpaired) electrons. The van der Waals surface area contributed by atoms with Crippen LogP contribution in [-0.2, 0) is 17.7 Å². The molecule has 118 valence electrons. The zero-order chi connectivity index (χ0) is 14.2. The number of halogens is 1. The molecular weight excluding hydrogens is 377 g/mol. The minimum Gasteiger partial charge on any atom is -0.380 e. The first kappa shape index (κ1) is 18.2. The Morgan fingerprint density at radius 3 is 2.76 bits per heavy atom. The average molecular weight is 403 g/mol. The molecule has 0 fully saturated rings. The second-order valence-electron chi connectivity index (χ2n) is 4.87. The Hall–Kier alpha value is -0.820. The van der Waals surface area contributed by atoms with Crippen LogP contribution in [-0.4, -0.2) is 43.7 Å². The molecule has 2 rings (SSSR count). The lowest BCUT2D eigenvalue weighted by Crippen LogP contribution is -2.44. The molecule has 0 bridgehead atoms. The lowest BCUT2D eigenvalue weighted by Gasteiger charge is -2.31. The van der Waals surface area contributed by atoms with Crippen molar-refractivity contribution in [2.75, 3.05) is 32.8 Å². The van der Waals surface area contributed by atoms with E-state index in [0.29, 0.717) is 13.2 Å². The van der Waals surface area contributed by atoms with Gasteiger partial charge in [0.2, 0.25) is 0 Å². The number of hydrogen-bond acceptors (Lipinski definition) is 2. The summed E-state index contributed by atoms with van der Waals surface area (Å²) in [6.45, 7) is 9.14. The fourth-order valence-corrected chi connectivity index (χ4v) is 2.46. The Kier molecular flexibility index (Phi) is 8.68. The first-order valence-corrected chi connectivity index (χ1v) is 7.53. The number of benzene rings is 1. The minimum absolute atomic E-state index is 0. The van der Waals surface area contributed by atoms with Gasteiger partial charge in [0.25, 0.3) is 0 Å². The molecule has 5 heteroatoms. The summed E-state index contributed by atoms with van der Waals surface area (Å²) < 4.78 is 5.35. The van der Waals surface area contributed by atoms with Gasteiger partial charge >= 0.3 is 0 Å². The van der Waals surface area contributed by atoms with Gasteiger partial charge in [-0.25, -0.2) is 0 Å². The zero-order valence-corrected chi connectivity index (χ0v) is 15.3. The van der Waals surface area contributed by atoms with E-state index in [2.05, 4.69) is 46.4 Å². The van der Waals surface area contributed by atoms with Crippen molar-refractivity contribution >= 4 is 29.9 Å². The predicted molar refractivity (Wildman–Crippen MR) is 98.4 cm³/mol. The fraction of sp³-hybridized carbons (Fsp3) is 0.562. The summed E-state index contributed by atoms with van der Waals surface area (Å²) in [5, 5.41) is 3.38. The highest BCUT2D eigenvalue weighted by Crippen LogP contribution is 2.18. The van der Waals surface area contributed by atoms with Gasteiger partial charge in [-0.2, -0.15) is 0 Å². The quantitative estimate of drug-likeness (QED) is 0.356. The van der Waals surface area contributed by atoms with Crippen LogP contribution < -0.4 is 5.32 Å². The topological polar surface area (TPSA) is 36.9 Å². The third-order valence-electron chi connectivity index (χ3n) is 3.47. The Balaban J connectivity index is 0.00000220. The van der Waals surface area contributed by atoms with Crippen molar-refractivity contribution in [3.63, 3.8) is 0 Å². The smallest absolute Gasteiger partial charge is 0.194 e. The number of ether oxygens (including phenoxy) is 1. The third-order valence-corrected chi connectivity index (χ3v) is 3.47. The zero-order valence-electron chi connectivity index (χ0n) is 13.0. The molecule has 1 heterocycles. The first-order chi connectivity index (χ1) is 9.85. The number of rotatable bonds is 5. The first-order valence-electron chi connectivity index (χ1n) is 7.53. The van der Waals surface area contributed by atoms with Crippen molar-refractivity contribution in [2.45, 2.75) is 26.8 Å². The Labute approximate surface area is 145 Å². The normalized spacial score (nSPS) is 14.4. The van der Waals surface area contributed by atoms with Crippen molar-refractivity contribution in [2.24, 2.45) is 4.99 Å². The molecule has 0 saturated heterocycles. The predicted octanol–water partition coefficient (Wildman–Crippen LogP) is 2.66. The maximum Gasteiger partial charge on any atom is 0.194 e. The molecule has 21 heavy (non-hydrogen) atoms. The molecule has 1 aromatic rings. The van der Waals surface area contributed by atoms with E-state index >= 15 is 0 Å². The van der Waals surface area contributed by atoms with Crippen LogP contribution in [0, 0.1) is 0 Å². The van der Waals surface area contributed by atoms with Gasteiger partial charge in [0.1, 0.15) is 0 Å². The number of fused-ring (bicyclic) bond motifs is 1. The molecule has 0 spiro atoms. The summed E-state index contributed by atoms with van der Waals surface area (Å²) in [4.78, 5) is 6.99. The highest BCUT2D eigenvalue weighted by molar-refractivity contribution is 14.0. The van der Waals surface area contributed by atoms with E-state index in [1.165, 1.54) is 11.1 Å². The van der Waals surface area contributed by atoms with Gasteiger partial charge in [-0.05, 0) is 31.4 Å². The molecule has 0 unspecified atom stereocenters. The number of nitrogens with one attached hydrogen (secondary N) is 1. The summed E-state index contributed by atoms with van der Waals surface area (Å²) in [6, 6.07) is 8.68. The molecule has 0 aromatic heterocycles. The fourth-order valence-electron chi connectivity index (χ4n) is 2.46. The van der Waals surface area contributed by atoms with Crippen LogP contribution in [0.25, 0.3) is 0 Å². The third kappa shape index (κ3) is 5.47. The molecule has 0 aliphatic carbocycles. The second kappa shape index (κ2) is 10.00. The summed E-state index contributed by atoms with van der Waals surface area (Å²) >= 11 is 0. The number of hydrogen-bond donors (Lipinski definition) is 1. The van der Waals surface area contributed by atoms with E-state index in [1.807, 2.05) is 6.92 Å². The van der Waals surface area contributed by atoms with Crippen LogP contribution in [0.3, 0.4) is 0 Å². The summed E-state index contributed by atoms with van der Waals surface area (Å²) in [7, 11) is 0. The molecule has 1 aromatic carbocycles. The molecule has 0 amide bonds. The van der Waals surface area contributed by atoms with Crippen molar-refractivity contribution in [3.8, 4) is 0 Å². The van der Waals surface area contributed by atoms with E-state index in [0.717, 1.165) is 38.6 Å². The van der Waals surface area contributed by atoms with Crippen molar-refractivity contribution in [3.05, 3.63) is 35.4 Å². The molecule has 4 nitrogen and oxygen atoms in total. The lowest BCUT2D eigenvalue weighted by atomic mass is 10.0. The van der Waals surface area contributed by atoms with Crippen molar-refractivity contribution in [1.29, 1.82) is 0 Å². The standard InChI is InChI=1S/C16H25N3O.HI/c1-3-17-16(18-10-12-20-4-2)19-11-9-14-7-5-6-8-15(14)13-19;/h5-8H,3-4,9-13H2,1-2H3,(H,17,18);1H. The van der Waals surface area contributed by atoms with Crippen LogP contribution in [0.1, 0.15) is 25.0 Å². The highest BCUT2D eigenvalue weighted by Gasteiger charge is 2.18. The van der Waals surface area contributed by atoms with E-state index in [9.17, 15) is 0 Å². The van der Waals surface area contributed by atoms with Crippen LogP contribution in [0.2, 0.25) is 0 Å². The molecule has 0 saturated carbocycles. The van der Waals surface area contributed by atoms with Gasteiger partial charge in [0.15, 0.2) is 5.96 Å². The minimum atomic E-state index is 0. The average Bonchev–Trinajstić information content (AvgIpc) is 2.50. The maximum absolute atomic E-state index is 5.35. The maximum atomic E-state index is 5.35. The number of nitrogens with zero attached hydrogens (tertiary/aromatic N) is 2. The summed E-state index contributed by atoms with van der Waals surface area (Å²) in [6.07, 6.45) is 1.09. The van der Waals surface area contributed by atoms with Gasteiger partial charge < -0.3 is 15.0 Å². The van der Waals surface area contributed by atoms with Gasteiger partial charge in [-0.15, -0.1) is 24.0 Å². The van der Waals surface area contributed by atoms with Crippen LogP contribution in [0.15, 0.2) is 29.3 Å². The largest absolute Gasteiger partial charge is 0.380 e. The highest BCUT2D eigenvalue weighted by atomic mass is 127. The van der Waals surface area contributed by atoms with Gasteiger partial charge in [0.05, 0.1) is 13.2 Å². The summed E-state index contributed by atoms with van der Waals surface area (Å²) in [5.41, 5.74) is 2.88. The van der Waals surface area contributed by atoms with Gasteiger partial charge in [0, 0.05) is 26.2 Å². The lowest BCUT2D eigenvalue weighted by molar-refractivity contribution is 0.155. The van der Waals surface area contributed by atoms with Crippen molar-refractivity contribution in [1.82, 2.24) is 10.2 Å². The van der Waals surface area contributed by atoms with E-state index in [4.69, 9.17) is 4.74 Å². The number of guanidine groups is 1. The van der Waals surface area contributed by atoms with Crippen molar-refractivity contribution < 1.29 is 4.74 Å². The Morgan fingerprint density at radius 2 is 2.05 bits per heavy atom. The van der Waals surface area contributed by atoms with Gasteiger partial charge in [-0.1, -0.05) is 24.3 Å². The summed E-state index contributed by atoms with van der Waals surface area (Å²) in [5.74, 6) is 1.00. The van der Waals surface area contributed by atoms with Crippen LogP contribution in [0.4, 0.5) is 0 Å². The van der Waals surface area contributed by atoms with E-state index in [1.54, 1.807) is 0 Å². The SMILES string of the molecule is CCNC(=NCCOCC)N1CCc2ccccc2C1.I.